The highest BCUT2D eigenvalue weighted by molar-refractivity contribution is 7.84. The van der Waals surface area contributed by atoms with Crippen LogP contribution in [0.4, 0.5) is 4.79 Å². The molecule has 3 heterocycles. The maximum atomic E-state index is 14.9. The topological polar surface area (TPSA) is 85.8 Å². The molecule has 268 valence electrons. The highest BCUT2D eigenvalue weighted by atomic mass is 35.5. The number of ether oxygens (including phenoxy) is 1. The normalized spacial score (nSPS) is 20.2. The molecule has 6 rings (SSSR count). The Balaban J connectivity index is 0.00000486. The molecular weight excluding hydrogens is 717 g/mol. The van der Waals surface area contributed by atoms with E-state index in [1.807, 2.05) is 83.5 Å². The number of carbonyl (C=O) groups is 2. The van der Waals surface area contributed by atoms with Crippen LogP contribution in [0.1, 0.15) is 65.3 Å². The number of piperazine rings is 1. The number of amidine groups is 1. The zero-order valence-electron chi connectivity index (χ0n) is 28.4. The molecule has 9 nitrogen and oxygen atoms in total. The van der Waals surface area contributed by atoms with Crippen LogP contribution in [-0.2, 0) is 10.8 Å². The highest BCUT2D eigenvalue weighted by Crippen LogP contribution is 2.45. The third-order valence-electron chi connectivity index (χ3n) is 9.44. The lowest BCUT2D eigenvalue weighted by Crippen LogP contribution is -2.54. The number of likely N-dealkylation sites (tertiary alicyclic amines) is 1. The van der Waals surface area contributed by atoms with E-state index < -0.39 is 22.9 Å². The Morgan fingerprint density at radius 2 is 1.46 bits per heavy atom. The van der Waals surface area contributed by atoms with Crippen LogP contribution in [0, 0.1) is 0 Å². The Hall–Kier alpha value is -3.15. The third-order valence-corrected chi connectivity index (χ3v) is 10.7. The molecule has 0 bridgehead atoms. The molecule has 1 unspecified atom stereocenters. The van der Waals surface area contributed by atoms with Gasteiger partial charge in [0, 0.05) is 84.2 Å². The number of halogens is 3. The van der Waals surface area contributed by atoms with Crippen LogP contribution in [0.3, 0.4) is 0 Å². The van der Waals surface area contributed by atoms with Crippen LogP contribution >= 0.6 is 35.6 Å². The zero-order valence-corrected chi connectivity index (χ0v) is 31.6. The maximum absolute atomic E-state index is 14.9. The van der Waals surface area contributed by atoms with Gasteiger partial charge >= 0.3 is 6.03 Å². The quantitative estimate of drug-likeness (QED) is 0.233. The lowest BCUT2D eigenvalue weighted by Gasteiger charge is -2.39. The molecule has 50 heavy (non-hydrogen) atoms. The van der Waals surface area contributed by atoms with Crippen molar-refractivity contribution in [1.82, 2.24) is 19.6 Å². The number of nitrogens with zero attached hydrogens (tertiary/aromatic N) is 5. The molecule has 0 radical (unpaired) electrons. The molecule has 3 aromatic carbocycles. The largest absolute Gasteiger partial charge is 0.493 e. The number of carbonyl (C=O) groups excluding carboxylic acids is 2. The highest BCUT2D eigenvalue weighted by Gasteiger charge is 2.45. The summed E-state index contributed by atoms with van der Waals surface area (Å²) >= 11 is 12.7. The van der Waals surface area contributed by atoms with E-state index in [1.165, 1.54) is 0 Å². The van der Waals surface area contributed by atoms with Gasteiger partial charge < -0.3 is 14.5 Å². The fraction of sp³-hybridized carbons (Fsp3) is 0.432. The van der Waals surface area contributed by atoms with Gasteiger partial charge in [0.2, 0.25) is 0 Å². The number of urea groups is 1. The monoisotopic (exact) mass is 759 g/mol. The first-order valence-corrected chi connectivity index (χ1v) is 19.5. The van der Waals surface area contributed by atoms with E-state index in [0.29, 0.717) is 71.3 Å². The van der Waals surface area contributed by atoms with Crippen molar-refractivity contribution in [3.05, 3.63) is 99.0 Å². The van der Waals surface area contributed by atoms with Gasteiger partial charge in [0.05, 0.1) is 18.2 Å². The van der Waals surface area contributed by atoms with Crippen molar-refractivity contribution in [1.29, 1.82) is 0 Å². The van der Waals surface area contributed by atoms with E-state index in [-0.39, 0.29) is 24.3 Å². The van der Waals surface area contributed by atoms with Gasteiger partial charge in [0.1, 0.15) is 17.6 Å². The summed E-state index contributed by atoms with van der Waals surface area (Å²) in [7, 11) is -0.878. The van der Waals surface area contributed by atoms with Gasteiger partial charge in [0.25, 0.3) is 5.91 Å². The molecule has 3 aromatic rings. The summed E-state index contributed by atoms with van der Waals surface area (Å²) in [5.74, 6) is 1.57. The standard InChI is InChI=1S/C37H43Cl2N5O4S.ClH/c1-3-48-32-16-11-28(36(45)42-17-5-4-6-18-42)25-31(32)35-40-33(26-7-12-29(38)13-8-26)34(27-9-14-30(39)15-10-27)44(35)37(46)43-21-19-41(20-22-43)23-24-49(2)47;/h7-16,25,33-34H,3-6,17-24H2,1-2H3;1H/t33-,34+,49?;/m0./s1. The van der Waals surface area contributed by atoms with Gasteiger partial charge in [-0.25, -0.2) is 4.79 Å². The first-order chi connectivity index (χ1) is 23.7. The summed E-state index contributed by atoms with van der Waals surface area (Å²) in [6, 6.07) is 19.4. The zero-order chi connectivity index (χ0) is 34.5. The minimum Gasteiger partial charge on any atom is -0.493 e. The lowest BCUT2D eigenvalue weighted by molar-refractivity contribution is 0.0724. The average molecular weight is 761 g/mol. The Kier molecular flexibility index (Phi) is 13.2. The minimum absolute atomic E-state index is 0. The van der Waals surface area contributed by atoms with Crippen molar-refractivity contribution in [2.75, 3.05) is 64.4 Å². The first kappa shape index (κ1) is 38.1. The molecule has 0 spiro atoms. The van der Waals surface area contributed by atoms with Crippen molar-refractivity contribution in [3.8, 4) is 5.75 Å². The fourth-order valence-electron chi connectivity index (χ4n) is 6.83. The Labute approximate surface area is 313 Å². The fourth-order valence-corrected chi connectivity index (χ4v) is 7.59. The number of amides is 3. The number of piperidine rings is 1. The van der Waals surface area contributed by atoms with Gasteiger partial charge in [-0.1, -0.05) is 47.5 Å². The number of hydrogen-bond donors (Lipinski definition) is 0. The third kappa shape index (κ3) is 8.65. The van der Waals surface area contributed by atoms with E-state index in [0.717, 1.165) is 50.0 Å². The second-order valence-corrected chi connectivity index (χ2v) is 15.1. The molecule has 0 N–H and O–H groups in total. The number of rotatable bonds is 9. The molecule has 13 heteroatoms. The van der Waals surface area contributed by atoms with Crippen molar-refractivity contribution in [2.24, 2.45) is 4.99 Å². The molecule has 0 saturated carbocycles. The van der Waals surface area contributed by atoms with E-state index in [4.69, 9.17) is 32.9 Å². The predicted molar refractivity (Wildman–Crippen MR) is 204 cm³/mol. The van der Waals surface area contributed by atoms with Crippen LogP contribution in [0.25, 0.3) is 0 Å². The van der Waals surface area contributed by atoms with Crippen molar-refractivity contribution < 1.29 is 18.5 Å². The molecule has 3 atom stereocenters. The molecule has 3 aliphatic rings. The number of aliphatic imine (C=N–C) groups is 1. The van der Waals surface area contributed by atoms with E-state index in [2.05, 4.69) is 4.90 Å². The Bertz CT molecular complexity index is 1690. The SMILES string of the molecule is CCOc1ccc(C(=O)N2CCCCC2)cc1C1=N[C@@H](c2ccc(Cl)cc2)[C@@H](c2ccc(Cl)cc2)N1C(=O)N1CCN(CCS(C)=O)CC1.Cl. The maximum Gasteiger partial charge on any atom is 0.326 e. The van der Waals surface area contributed by atoms with E-state index in [9.17, 15) is 13.8 Å². The molecule has 2 fully saturated rings. The molecule has 3 amide bonds. The number of hydrogen-bond acceptors (Lipinski definition) is 6. The molecule has 0 aromatic heterocycles. The average Bonchev–Trinajstić information content (AvgIpc) is 3.52. The smallest absolute Gasteiger partial charge is 0.326 e. The minimum atomic E-state index is -0.878. The lowest BCUT2D eigenvalue weighted by atomic mass is 9.93. The van der Waals surface area contributed by atoms with Gasteiger partial charge in [-0.15, -0.1) is 12.4 Å². The summed E-state index contributed by atoms with van der Waals surface area (Å²) in [5, 5.41) is 1.20. The van der Waals surface area contributed by atoms with Gasteiger partial charge in [-0.3, -0.25) is 23.8 Å². The van der Waals surface area contributed by atoms with Crippen LogP contribution < -0.4 is 4.74 Å². The Morgan fingerprint density at radius 3 is 2.06 bits per heavy atom. The van der Waals surface area contributed by atoms with E-state index >= 15 is 0 Å². The van der Waals surface area contributed by atoms with Crippen molar-refractivity contribution in [3.63, 3.8) is 0 Å². The summed E-state index contributed by atoms with van der Waals surface area (Å²) < 4.78 is 17.9. The van der Waals surface area contributed by atoms with Gasteiger partial charge in [0.15, 0.2) is 0 Å². The van der Waals surface area contributed by atoms with Crippen LogP contribution in [0.15, 0.2) is 71.7 Å². The molecular formula is C37H44Cl3N5O4S. The summed E-state index contributed by atoms with van der Waals surface area (Å²) in [6.07, 6.45) is 4.81. The predicted octanol–water partition coefficient (Wildman–Crippen LogP) is 7.10. The van der Waals surface area contributed by atoms with Gasteiger partial charge in [-0.05, 0) is 79.8 Å². The van der Waals surface area contributed by atoms with Crippen LogP contribution in [-0.4, -0.2) is 106 Å². The second kappa shape index (κ2) is 17.4. The van der Waals surface area contributed by atoms with Gasteiger partial charge in [-0.2, -0.15) is 0 Å². The van der Waals surface area contributed by atoms with Crippen molar-refractivity contribution >= 4 is 64.2 Å². The van der Waals surface area contributed by atoms with Crippen LogP contribution in [0.2, 0.25) is 10.0 Å². The molecule has 3 aliphatic heterocycles. The Morgan fingerprint density at radius 1 is 0.840 bits per heavy atom. The molecule has 0 aliphatic carbocycles. The van der Waals surface area contributed by atoms with Crippen molar-refractivity contribution in [2.45, 2.75) is 38.3 Å². The van der Waals surface area contributed by atoms with E-state index in [1.54, 1.807) is 11.2 Å². The summed E-state index contributed by atoms with van der Waals surface area (Å²) in [6.45, 7) is 6.89. The second-order valence-electron chi connectivity index (χ2n) is 12.7. The summed E-state index contributed by atoms with van der Waals surface area (Å²) in [4.78, 5) is 41.8. The first-order valence-electron chi connectivity index (χ1n) is 17.0. The number of benzene rings is 3. The summed E-state index contributed by atoms with van der Waals surface area (Å²) in [5.41, 5.74) is 2.90. The molecule has 2 saturated heterocycles. The van der Waals surface area contributed by atoms with Crippen LogP contribution in [0.5, 0.6) is 5.75 Å².